The van der Waals surface area contributed by atoms with E-state index in [1.807, 2.05) is 29.2 Å². The van der Waals surface area contributed by atoms with Crippen molar-refractivity contribution in [2.75, 3.05) is 12.3 Å². The minimum atomic E-state index is -0.0690. The molecule has 23 heavy (non-hydrogen) atoms. The fraction of sp³-hybridized carbons (Fsp3) is 0.353. The van der Waals surface area contributed by atoms with Crippen LogP contribution in [0.1, 0.15) is 37.9 Å². The molecule has 2 aromatic rings. The van der Waals surface area contributed by atoms with Crippen molar-refractivity contribution in [3.8, 4) is 11.1 Å². The summed E-state index contributed by atoms with van der Waals surface area (Å²) >= 11 is 6.11. The molecule has 1 fully saturated rings. The molecule has 0 spiro atoms. The first kappa shape index (κ1) is 15.7. The van der Waals surface area contributed by atoms with Crippen LogP contribution in [0.2, 0.25) is 5.02 Å². The summed E-state index contributed by atoms with van der Waals surface area (Å²) in [5, 5.41) is 0.650. The number of anilines is 1. The number of hydrogen-bond donors (Lipinski definition) is 1. The van der Waals surface area contributed by atoms with E-state index >= 15 is 0 Å². The highest BCUT2D eigenvalue weighted by molar-refractivity contribution is 6.30. The number of piperidine rings is 1. The van der Waals surface area contributed by atoms with Crippen molar-refractivity contribution >= 4 is 23.5 Å². The van der Waals surface area contributed by atoms with Gasteiger partial charge in [0.1, 0.15) is 0 Å². The van der Waals surface area contributed by atoms with E-state index in [0.29, 0.717) is 5.02 Å². The Hall–Kier alpha value is -2.14. The largest absolute Gasteiger partial charge is 0.368 e. The zero-order chi connectivity index (χ0) is 16.4. The molecule has 1 aromatic heterocycles. The summed E-state index contributed by atoms with van der Waals surface area (Å²) in [4.78, 5) is 22.5. The Morgan fingerprint density at radius 1 is 1.39 bits per heavy atom. The molecule has 1 saturated heterocycles. The maximum Gasteiger partial charge on any atom is 0.220 e. The third-order valence-electron chi connectivity index (χ3n) is 4.20. The van der Waals surface area contributed by atoms with E-state index in [1.165, 1.54) is 0 Å². The fourth-order valence-corrected chi connectivity index (χ4v) is 3.32. The molecule has 0 unspecified atom stereocenters. The van der Waals surface area contributed by atoms with Gasteiger partial charge in [-0.2, -0.15) is 0 Å². The predicted octanol–water partition coefficient (Wildman–Crippen LogP) is 3.45. The Kier molecular flexibility index (Phi) is 4.48. The number of likely N-dealkylation sites (tertiary alicyclic amines) is 1. The van der Waals surface area contributed by atoms with Crippen LogP contribution >= 0.6 is 11.6 Å². The molecule has 1 atom stereocenters. The van der Waals surface area contributed by atoms with E-state index in [1.54, 1.807) is 13.1 Å². The first-order chi connectivity index (χ1) is 11.1. The number of amides is 1. The fourth-order valence-electron chi connectivity index (χ4n) is 3.13. The maximum absolute atomic E-state index is 12.0. The second-order valence-electron chi connectivity index (χ2n) is 5.76. The van der Waals surface area contributed by atoms with Gasteiger partial charge in [-0.1, -0.05) is 23.7 Å². The van der Waals surface area contributed by atoms with Gasteiger partial charge in [-0.15, -0.1) is 0 Å². The van der Waals surface area contributed by atoms with Crippen LogP contribution in [0.3, 0.4) is 0 Å². The summed E-state index contributed by atoms with van der Waals surface area (Å²) in [6, 6.07) is 7.49. The summed E-state index contributed by atoms with van der Waals surface area (Å²) in [6.45, 7) is 2.35. The topological polar surface area (TPSA) is 72.1 Å². The van der Waals surface area contributed by atoms with Crippen molar-refractivity contribution in [2.45, 2.75) is 32.2 Å². The maximum atomic E-state index is 12.0. The van der Waals surface area contributed by atoms with Gasteiger partial charge in [-0.3, -0.25) is 4.79 Å². The van der Waals surface area contributed by atoms with E-state index in [0.717, 1.165) is 42.6 Å². The first-order valence-electron chi connectivity index (χ1n) is 7.72. The summed E-state index contributed by atoms with van der Waals surface area (Å²) < 4.78 is 0. The highest BCUT2D eigenvalue weighted by atomic mass is 35.5. The molecule has 0 radical (unpaired) electrons. The van der Waals surface area contributed by atoms with Crippen molar-refractivity contribution in [3.05, 3.63) is 41.2 Å². The molecule has 5 nitrogen and oxygen atoms in total. The average molecular weight is 331 g/mol. The van der Waals surface area contributed by atoms with Crippen LogP contribution in [0.15, 0.2) is 30.5 Å². The van der Waals surface area contributed by atoms with Crippen molar-refractivity contribution < 1.29 is 4.79 Å². The van der Waals surface area contributed by atoms with Gasteiger partial charge in [0.05, 0.1) is 11.7 Å². The summed E-state index contributed by atoms with van der Waals surface area (Å²) in [6.07, 6.45) is 4.68. The Morgan fingerprint density at radius 3 is 2.96 bits per heavy atom. The van der Waals surface area contributed by atoms with Gasteiger partial charge in [-0.25, -0.2) is 9.97 Å². The van der Waals surface area contributed by atoms with Crippen LogP contribution in [0, 0.1) is 0 Å². The third kappa shape index (κ3) is 3.29. The number of aromatic nitrogens is 2. The predicted molar refractivity (Wildman–Crippen MR) is 90.9 cm³/mol. The monoisotopic (exact) mass is 330 g/mol. The number of hydrogen-bond acceptors (Lipinski definition) is 4. The van der Waals surface area contributed by atoms with Gasteiger partial charge >= 0.3 is 0 Å². The molecular formula is C17H19ClN4O. The second-order valence-corrected chi connectivity index (χ2v) is 6.20. The number of nitrogen functional groups attached to an aromatic ring is 1. The zero-order valence-electron chi connectivity index (χ0n) is 13.0. The second kappa shape index (κ2) is 6.54. The van der Waals surface area contributed by atoms with E-state index in [9.17, 15) is 4.79 Å². The van der Waals surface area contributed by atoms with Gasteiger partial charge in [0.25, 0.3) is 0 Å². The molecule has 120 valence electrons. The number of nitrogens with two attached hydrogens (primary N) is 1. The highest BCUT2D eigenvalue weighted by Gasteiger charge is 2.29. The number of benzene rings is 1. The van der Waals surface area contributed by atoms with Crippen molar-refractivity contribution in [2.24, 2.45) is 0 Å². The van der Waals surface area contributed by atoms with E-state index < -0.39 is 0 Å². The molecule has 1 aliphatic rings. The molecule has 6 heteroatoms. The molecule has 1 amide bonds. The standard InChI is InChI=1S/C17H19ClN4O/c1-11(23)22-8-3-2-7-15(22)16-14(10-20-17(19)21-16)12-5-4-6-13(18)9-12/h4-6,9-10,15H,2-3,7-8H2,1H3,(H2,19,20,21)/t15-/m0/s1. The molecular weight excluding hydrogens is 312 g/mol. The minimum absolute atomic E-state index is 0.0592. The molecule has 2 N–H and O–H groups in total. The minimum Gasteiger partial charge on any atom is -0.368 e. The highest BCUT2D eigenvalue weighted by Crippen LogP contribution is 2.36. The number of rotatable bonds is 2. The van der Waals surface area contributed by atoms with Crippen molar-refractivity contribution in [1.29, 1.82) is 0 Å². The number of carbonyl (C=O) groups excluding carboxylic acids is 1. The lowest BCUT2D eigenvalue weighted by Crippen LogP contribution is -2.37. The van der Waals surface area contributed by atoms with E-state index in [4.69, 9.17) is 17.3 Å². The van der Waals surface area contributed by atoms with Crippen LogP contribution in [-0.4, -0.2) is 27.3 Å². The lowest BCUT2D eigenvalue weighted by atomic mass is 9.94. The van der Waals surface area contributed by atoms with Gasteiger partial charge < -0.3 is 10.6 Å². The van der Waals surface area contributed by atoms with Gasteiger partial charge in [0.2, 0.25) is 11.9 Å². The Bertz CT molecular complexity index is 734. The zero-order valence-corrected chi connectivity index (χ0v) is 13.8. The molecule has 1 aliphatic heterocycles. The lowest BCUT2D eigenvalue weighted by Gasteiger charge is -2.35. The smallest absolute Gasteiger partial charge is 0.220 e. The Labute approximate surface area is 140 Å². The number of halogens is 1. The van der Waals surface area contributed by atoms with Crippen LogP contribution in [0.25, 0.3) is 11.1 Å². The average Bonchev–Trinajstić information content (AvgIpc) is 2.54. The quantitative estimate of drug-likeness (QED) is 0.915. The van der Waals surface area contributed by atoms with Crippen molar-refractivity contribution in [3.63, 3.8) is 0 Å². The number of carbonyl (C=O) groups is 1. The molecule has 0 saturated carbocycles. The summed E-state index contributed by atoms with van der Waals surface area (Å²) in [5.74, 6) is 0.281. The van der Waals surface area contributed by atoms with Crippen LogP contribution in [0.5, 0.6) is 0 Å². The van der Waals surface area contributed by atoms with Gasteiger partial charge in [-0.05, 0) is 37.0 Å². The lowest BCUT2D eigenvalue weighted by molar-refractivity contribution is -0.132. The summed E-state index contributed by atoms with van der Waals surface area (Å²) in [7, 11) is 0. The van der Waals surface area contributed by atoms with Gasteiger partial charge in [0.15, 0.2) is 0 Å². The molecule has 1 aromatic carbocycles. The molecule has 2 heterocycles. The van der Waals surface area contributed by atoms with Crippen LogP contribution < -0.4 is 5.73 Å². The van der Waals surface area contributed by atoms with E-state index in [2.05, 4.69) is 9.97 Å². The molecule has 0 bridgehead atoms. The van der Waals surface area contributed by atoms with Crippen LogP contribution in [0.4, 0.5) is 5.95 Å². The molecule has 3 rings (SSSR count). The normalized spacial score (nSPS) is 18.0. The van der Waals surface area contributed by atoms with Gasteiger partial charge in [0, 0.05) is 30.3 Å². The Morgan fingerprint density at radius 2 is 2.22 bits per heavy atom. The van der Waals surface area contributed by atoms with Crippen molar-refractivity contribution in [1.82, 2.24) is 14.9 Å². The summed E-state index contributed by atoms with van der Waals surface area (Å²) in [5.41, 5.74) is 8.42. The van der Waals surface area contributed by atoms with Crippen LogP contribution in [-0.2, 0) is 4.79 Å². The SMILES string of the molecule is CC(=O)N1CCCC[C@H]1c1nc(N)ncc1-c1cccc(Cl)c1. The van der Waals surface area contributed by atoms with E-state index in [-0.39, 0.29) is 17.9 Å². The number of nitrogens with zero attached hydrogens (tertiary/aromatic N) is 3. The Balaban J connectivity index is 2.10. The third-order valence-corrected chi connectivity index (χ3v) is 4.43. The molecule has 0 aliphatic carbocycles. The first-order valence-corrected chi connectivity index (χ1v) is 8.09.